The third-order valence-electron chi connectivity index (χ3n) is 34.4. The molecular formula is C100H129I3O12. The minimum atomic E-state index is -0.989. The molecule has 5 aromatic carbocycles. The first-order valence-electron chi connectivity index (χ1n) is 43.9. The fraction of sp³-hybridized carbons (Fsp3) is 0.630. The number of aryl methyl sites for hydroxylation is 8. The van der Waals surface area contributed by atoms with Crippen LogP contribution in [0.15, 0.2) is 115 Å². The quantitative estimate of drug-likeness (QED) is 0.0710. The van der Waals surface area contributed by atoms with E-state index in [1.807, 2.05) is 30.3 Å². The number of phenolic OH excluding ortho intramolecular Hbond substituents is 2. The molecule has 17 aliphatic rings. The van der Waals surface area contributed by atoms with Crippen molar-refractivity contribution in [3.8, 4) is 11.5 Å². The van der Waals surface area contributed by atoms with Gasteiger partial charge in [-0.25, -0.2) is 0 Å². The summed E-state index contributed by atoms with van der Waals surface area (Å²) in [5, 5.41) is 40.9. The second-order valence-electron chi connectivity index (χ2n) is 39.5. The van der Waals surface area contributed by atoms with E-state index >= 15 is 0 Å². The molecule has 0 aromatic heterocycles. The first-order valence-corrected chi connectivity index (χ1v) is 50.2. The summed E-state index contributed by atoms with van der Waals surface area (Å²) < 4.78 is 30.1. The summed E-state index contributed by atoms with van der Waals surface area (Å²) in [6.07, 6.45) is 33.4. The number of fused-ring (bicyclic) bond motifs is 27. The molecule has 0 amide bonds. The number of allylic oxidation sites excluding steroid dienone is 3. The SMILES string of the molecule is C.CC(=O)O[C@H]1[C@@H](O)[C@@H](O)C2C3CCc4cc(C)ccc4C3CC[C@@]21C.C[C@]12CCC3c4ccc(O)cc4CCC3C1C=CC21OCCO1.C[C@]12CCC3c4ccc(O)cc4CCC3C1CCC2=O.Cc1ccc2c(c1)CCC1C2CC[C@@]2(C)C1CCC21OCCO1.Cc1ccc2c(c1)CCC1C2CC[C@]2(C)C(=O)C=CC12.I.II. The Morgan fingerprint density at radius 1 is 0.452 bits per heavy atom. The summed E-state index contributed by atoms with van der Waals surface area (Å²) in [5.74, 6) is 9.17. The average Bonchev–Trinajstić information content (AvgIpc) is 1.79. The third kappa shape index (κ3) is 14.4. The average molecular weight is 1900 g/mol. The molecule has 2 heterocycles. The lowest BCUT2D eigenvalue weighted by atomic mass is 9.54. The fourth-order valence-electron chi connectivity index (χ4n) is 28.9. The Morgan fingerprint density at radius 3 is 1.41 bits per heavy atom. The summed E-state index contributed by atoms with van der Waals surface area (Å²) in [5.41, 5.74) is 18.8. The number of ether oxygens (including phenoxy) is 5. The number of Topliss-reactive ketones (excluding diaryl/α,β-unsaturated/α-hetero) is 1. The number of benzene rings is 5. The van der Waals surface area contributed by atoms with Gasteiger partial charge < -0.3 is 44.1 Å². The molecule has 2 spiro atoms. The van der Waals surface area contributed by atoms with Crippen molar-refractivity contribution < 1.29 is 58.5 Å². The molecule has 22 rings (SSSR count). The molecule has 2 aliphatic heterocycles. The summed E-state index contributed by atoms with van der Waals surface area (Å²) in [6.45, 7) is 22.3. The van der Waals surface area contributed by atoms with Crippen LogP contribution in [0.2, 0.25) is 0 Å². The fourth-order valence-corrected chi connectivity index (χ4v) is 28.9. The van der Waals surface area contributed by atoms with Gasteiger partial charge in [0, 0.05) is 84.1 Å². The molecule has 622 valence electrons. The number of hydrogen-bond donors (Lipinski definition) is 4. The zero-order valence-electron chi connectivity index (χ0n) is 68.9. The van der Waals surface area contributed by atoms with Crippen LogP contribution in [0.25, 0.3) is 0 Å². The van der Waals surface area contributed by atoms with Gasteiger partial charge in [-0.2, -0.15) is 0 Å². The molecule has 8 saturated carbocycles. The number of carbonyl (C=O) groups excluding carboxylic acids is 3. The van der Waals surface area contributed by atoms with Crippen molar-refractivity contribution >= 4 is 78.7 Å². The Bertz CT molecular complexity index is 4510. The Kier molecular flexibility index (Phi) is 24.9. The number of ketones is 2. The molecule has 10 fully saturated rings. The lowest BCUT2D eigenvalue weighted by Crippen LogP contribution is -2.52. The highest BCUT2D eigenvalue weighted by Crippen LogP contribution is 2.69. The van der Waals surface area contributed by atoms with E-state index in [2.05, 4.69) is 178 Å². The highest BCUT2D eigenvalue weighted by molar-refractivity contribution is 15.0. The van der Waals surface area contributed by atoms with Gasteiger partial charge in [0.25, 0.3) is 0 Å². The molecule has 15 heteroatoms. The number of aromatic hydroxyl groups is 2. The molecule has 0 radical (unpaired) electrons. The van der Waals surface area contributed by atoms with E-state index in [0.29, 0.717) is 101 Å². The largest absolute Gasteiger partial charge is 0.508 e. The van der Waals surface area contributed by atoms with Crippen LogP contribution >= 0.6 is 61.2 Å². The smallest absolute Gasteiger partial charge is 0.303 e. The van der Waals surface area contributed by atoms with Crippen LogP contribution in [0.1, 0.15) is 273 Å². The van der Waals surface area contributed by atoms with Gasteiger partial charge in [-0.05, 0) is 343 Å². The molecule has 0 bridgehead atoms. The van der Waals surface area contributed by atoms with Crippen molar-refractivity contribution in [2.24, 2.45) is 86.3 Å². The first kappa shape index (κ1) is 85.9. The van der Waals surface area contributed by atoms with E-state index in [1.165, 1.54) is 128 Å². The van der Waals surface area contributed by atoms with Gasteiger partial charge in [0.15, 0.2) is 17.4 Å². The summed E-state index contributed by atoms with van der Waals surface area (Å²) >= 11 is 4.24. The summed E-state index contributed by atoms with van der Waals surface area (Å²) in [6, 6.07) is 32.7. The van der Waals surface area contributed by atoms with Crippen LogP contribution in [0, 0.1) is 107 Å². The van der Waals surface area contributed by atoms with E-state index < -0.39 is 24.1 Å². The van der Waals surface area contributed by atoms with E-state index in [1.54, 1.807) is 22.3 Å². The van der Waals surface area contributed by atoms with Gasteiger partial charge in [-0.3, -0.25) is 14.4 Å². The number of aliphatic hydroxyl groups is 2. The van der Waals surface area contributed by atoms with Crippen molar-refractivity contribution in [2.45, 2.75) is 283 Å². The monoisotopic (exact) mass is 1900 g/mol. The first-order chi connectivity index (χ1) is 54.3. The van der Waals surface area contributed by atoms with Crippen molar-refractivity contribution in [1.82, 2.24) is 0 Å². The van der Waals surface area contributed by atoms with Crippen molar-refractivity contribution in [3.63, 3.8) is 0 Å². The normalized spacial score (nSPS) is 38.8. The number of halogens is 3. The van der Waals surface area contributed by atoms with Crippen molar-refractivity contribution in [2.75, 3.05) is 26.4 Å². The Labute approximate surface area is 726 Å². The molecule has 15 unspecified atom stereocenters. The molecule has 5 aromatic rings. The second kappa shape index (κ2) is 33.3. The van der Waals surface area contributed by atoms with Crippen LogP contribution in [0.4, 0.5) is 0 Å². The van der Waals surface area contributed by atoms with Crippen LogP contribution < -0.4 is 0 Å². The number of aliphatic hydroxyl groups excluding tert-OH is 2. The van der Waals surface area contributed by atoms with Gasteiger partial charge in [0.2, 0.25) is 0 Å². The third-order valence-corrected chi connectivity index (χ3v) is 34.4. The van der Waals surface area contributed by atoms with E-state index in [9.17, 15) is 34.8 Å². The van der Waals surface area contributed by atoms with E-state index in [-0.39, 0.29) is 76.2 Å². The van der Waals surface area contributed by atoms with E-state index in [4.69, 9.17) is 23.7 Å². The van der Waals surface area contributed by atoms with Crippen LogP contribution in [-0.2, 0) is 70.2 Å². The minimum Gasteiger partial charge on any atom is -0.508 e. The number of phenols is 2. The minimum absolute atomic E-state index is 0. The zero-order valence-corrected chi connectivity index (χ0v) is 75.5. The lowest BCUT2D eigenvalue weighted by molar-refractivity contribution is -0.237. The van der Waals surface area contributed by atoms with Gasteiger partial charge in [0.1, 0.15) is 29.5 Å². The molecular weight excluding hydrogens is 1770 g/mol. The topological polar surface area (TPSA) is 178 Å². The van der Waals surface area contributed by atoms with E-state index in [0.717, 1.165) is 114 Å². The molecule has 23 atom stereocenters. The van der Waals surface area contributed by atoms with Crippen molar-refractivity contribution in [1.29, 1.82) is 0 Å². The maximum atomic E-state index is 12.3. The van der Waals surface area contributed by atoms with Gasteiger partial charge >= 0.3 is 5.97 Å². The Balaban J connectivity index is 0.000000112. The predicted octanol–water partition coefficient (Wildman–Crippen LogP) is 22.1. The lowest BCUT2D eigenvalue weighted by Gasteiger charge is -2.52. The van der Waals surface area contributed by atoms with Crippen molar-refractivity contribution in [3.05, 3.63) is 188 Å². The predicted molar refractivity (Wildman–Crippen MR) is 480 cm³/mol. The molecule has 115 heavy (non-hydrogen) atoms. The van der Waals surface area contributed by atoms with Crippen LogP contribution in [0.5, 0.6) is 11.5 Å². The molecule has 15 aliphatic carbocycles. The molecule has 4 N–H and O–H groups in total. The summed E-state index contributed by atoms with van der Waals surface area (Å²) in [4.78, 5) is 36.0. The highest BCUT2D eigenvalue weighted by atomic mass is 128. The van der Waals surface area contributed by atoms with Crippen LogP contribution in [0.3, 0.4) is 0 Å². The van der Waals surface area contributed by atoms with Gasteiger partial charge in [0.05, 0.1) is 32.5 Å². The van der Waals surface area contributed by atoms with Crippen LogP contribution in [-0.4, -0.2) is 94.3 Å². The van der Waals surface area contributed by atoms with Gasteiger partial charge in [-0.1, -0.05) is 138 Å². The maximum Gasteiger partial charge on any atom is 0.303 e. The number of rotatable bonds is 1. The second-order valence-corrected chi connectivity index (χ2v) is 39.5. The number of esters is 1. The maximum absolute atomic E-state index is 12.3. The Hall–Kier alpha value is -4.06. The Morgan fingerprint density at radius 2 is 0.878 bits per heavy atom. The summed E-state index contributed by atoms with van der Waals surface area (Å²) in [7, 11) is 0. The standard InChI is InChI=1S/C21H28O4.C21H28O2.C20H24O3.C19H22O.C18H22O2.CH4.I2.HI/c1-11-4-6-14-13(10-11)5-7-16-15(14)8-9-21(3)17(16)18(23)19(24)20(21)25-12(2)22;1-14-3-5-16-15(13-14)4-6-18-17(16)7-9-20(2)19(18)8-10-21(20)22-11-12-23-21;1-19-8-6-16-15-5-3-14(21)12-13(15)2-4-17(16)18(19)7-9-20(19)22-10-11-23-20;1-12-3-5-14-13(11-12)4-6-16-15(14)9-10-19(2)17(16)7-8-18(19)20;1-18-9-8-14-13-5-3-12(19)10-11(13)2-4-15(14)16(18)6-7-17(18)20;;1-2;/h4,6,10,15-20,23-24H,5,7-9H2,1-3H3;3,5,13,17-19H,4,6-12H2,1-2H3;3,5,7,9,12,16-18,21H,2,4,6,8,10-11H2,1H3;3,5,7-8,11,15-17H,4,6,9-10H2,1-2H3;3,5,10,14-16,19H,2,4,6-9H2,1H3;1H4;;1H/t15?,16?,17?,18-,19-,20-,21-;17?,18?,19?,20-;16?,17?,18?,19-;15?,16?,17?,19-;14?,15?,16?,18-;;;/m00000.../s1. The number of hydrogen-bond acceptors (Lipinski definition) is 12. The number of carbonyl (C=O) groups is 3. The van der Waals surface area contributed by atoms with Gasteiger partial charge in [-0.15, -0.1) is 24.0 Å². The highest BCUT2D eigenvalue weighted by Gasteiger charge is 2.68. The molecule has 2 saturated heterocycles. The zero-order chi connectivity index (χ0) is 79.1. The molecule has 12 nitrogen and oxygen atoms in total.